The summed E-state index contributed by atoms with van der Waals surface area (Å²) in [7, 11) is 0. The van der Waals surface area contributed by atoms with Crippen LogP contribution in [0.1, 0.15) is 44.5 Å². The Morgan fingerprint density at radius 1 is 0.311 bits per heavy atom. The number of benzene rings is 4. The van der Waals surface area contributed by atoms with Crippen molar-refractivity contribution in [1.29, 1.82) is 0 Å². The molecule has 61 heavy (non-hydrogen) atoms. The minimum Gasteiger partial charge on any atom is -0.354 e. The van der Waals surface area contributed by atoms with Crippen molar-refractivity contribution in [3.05, 3.63) is 130 Å². The molecule has 0 amide bonds. The summed E-state index contributed by atoms with van der Waals surface area (Å²) < 4.78 is 341. The third-order valence-corrected chi connectivity index (χ3v) is 8.64. The van der Waals surface area contributed by atoms with Crippen LogP contribution < -0.4 is 27.6 Å². The van der Waals surface area contributed by atoms with Crippen LogP contribution in [0.15, 0.2) is 85.5 Å². The SMILES string of the molecule is C=CC[NH3+].FC(F)(F)c1cc([B-](c2cc(C(F)(F)F)cc(C(F)(F)F)c2)(c2cc(C(F)(F)F)cc(C(F)(F)F)c2)c2cc(C(F)(F)F)cc(C(F)(F)F)c2)cc(C(F)(F)F)c1. The minimum absolute atomic E-state index is 0.691. The van der Waals surface area contributed by atoms with Gasteiger partial charge in [0, 0.05) is 0 Å². The fourth-order valence-corrected chi connectivity index (χ4v) is 6.07. The van der Waals surface area contributed by atoms with E-state index in [1.807, 2.05) is 0 Å². The van der Waals surface area contributed by atoms with Gasteiger partial charge >= 0.3 is 49.4 Å². The van der Waals surface area contributed by atoms with Gasteiger partial charge in [0.1, 0.15) is 6.15 Å². The molecule has 4 aromatic rings. The van der Waals surface area contributed by atoms with Crippen LogP contribution in [0.5, 0.6) is 0 Å². The van der Waals surface area contributed by atoms with E-state index in [1.165, 1.54) is 0 Å². The summed E-state index contributed by atoms with van der Waals surface area (Å²) in [5.41, 5.74) is -26.7. The van der Waals surface area contributed by atoms with Crippen molar-refractivity contribution in [2.75, 3.05) is 6.54 Å². The number of alkyl halides is 24. The summed E-state index contributed by atoms with van der Waals surface area (Å²) in [5, 5.41) is 0. The van der Waals surface area contributed by atoms with E-state index in [2.05, 4.69) is 12.3 Å². The summed E-state index contributed by atoms with van der Waals surface area (Å²) >= 11 is 0. The van der Waals surface area contributed by atoms with Gasteiger partial charge in [0.25, 0.3) is 0 Å². The highest BCUT2D eigenvalue weighted by atomic mass is 19.4. The Morgan fingerprint density at radius 3 is 0.508 bits per heavy atom. The molecule has 0 unspecified atom stereocenters. The van der Waals surface area contributed by atoms with E-state index >= 15 is 0 Å². The maximum absolute atomic E-state index is 14.2. The van der Waals surface area contributed by atoms with Gasteiger partial charge in [0.15, 0.2) is 0 Å². The molecule has 0 aliphatic rings. The minimum atomic E-state index is -6.13. The molecule has 0 aliphatic heterocycles. The molecule has 0 saturated heterocycles. The smallest absolute Gasteiger partial charge is 0.354 e. The zero-order chi connectivity index (χ0) is 47.3. The Hall–Kier alpha value is -5.04. The summed E-state index contributed by atoms with van der Waals surface area (Å²) in [5.74, 6) is 0. The molecule has 4 aromatic carbocycles. The first-order chi connectivity index (χ1) is 27.2. The lowest BCUT2D eigenvalue weighted by atomic mass is 9.12. The second-order valence-electron chi connectivity index (χ2n) is 12.8. The summed E-state index contributed by atoms with van der Waals surface area (Å²) in [6, 6.07) is -8.81. The maximum Gasteiger partial charge on any atom is 0.416 e. The fraction of sp³-hybridized carbons (Fsp3) is 0.257. The van der Waals surface area contributed by atoms with Crippen LogP contribution >= 0.6 is 0 Å². The van der Waals surface area contributed by atoms with Crippen molar-refractivity contribution in [2.24, 2.45) is 0 Å². The van der Waals surface area contributed by atoms with E-state index in [9.17, 15) is 105 Å². The van der Waals surface area contributed by atoms with Crippen LogP contribution in [-0.2, 0) is 49.4 Å². The molecule has 0 spiro atoms. The van der Waals surface area contributed by atoms with Gasteiger partial charge in [0.05, 0.1) is 51.1 Å². The van der Waals surface area contributed by atoms with Crippen LogP contribution in [0.25, 0.3) is 0 Å². The molecule has 0 saturated carbocycles. The predicted molar refractivity (Wildman–Crippen MR) is 168 cm³/mol. The van der Waals surface area contributed by atoms with E-state index < -0.39 is 195 Å². The monoisotopic (exact) mass is 921 g/mol. The van der Waals surface area contributed by atoms with Crippen LogP contribution in [0.3, 0.4) is 0 Å². The number of halogens is 24. The van der Waals surface area contributed by atoms with Gasteiger partial charge in [-0.2, -0.15) is 127 Å². The average Bonchev–Trinajstić information content (AvgIpc) is 3.08. The Kier molecular flexibility index (Phi) is 13.5. The Morgan fingerprint density at radius 2 is 0.426 bits per heavy atom. The van der Waals surface area contributed by atoms with Gasteiger partial charge < -0.3 is 5.73 Å². The van der Waals surface area contributed by atoms with Crippen LogP contribution in [0.4, 0.5) is 105 Å². The van der Waals surface area contributed by atoms with Gasteiger partial charge in [-0.25, -0.2) is 0 Å². The number of hydrogen-bond donors (Lipinski definition) is 1. The van der Waals surface area contributed by atoms with Gasteiger partial charge in [0.2, 0.25) is 0 Å². The molecule has 0 fully saturated rings. The standard InChI is InChI=1S/C32H12BF24.C3H7N/c34-25(35,36)13-1-14(26(37,38)39)6-21(5-13)33(22-7-15(27(40,41)42)2-16(8-22)28(43,44)45,23-9-17(29(46,47)48)3-18(10-23)30(49,50)51)24-11-19(31(52,53)54)4-20(12-24)32(55,56)57;1-2-3-4/h1-12H;2H,1,3-4H2/q-1;/p+1. The van der Waals surface area contributed by atoms with Crippen molar-refractivity contribution in [3.8, 4) is 0 Å². The summed E-state index contributed by atoms with van der Waals surface area (Å²) in [6.07, 6.45) is -53.0. The molecule has 0 aromatic heterocycles. The maximum atomic E-state index is 14.2. The van der Waals surface area contributed by atoms with E-state index in [0.29, 0.717) is 0 Å². The average molecular weight is 921 g/mol. The Labute approximate surface area is 325 Å². The van der Waals surface area contributed by atoms with Gasteiger partial charge in [-0.15, -0.1) is 0 Å². The zero-order valence-electron chi connectivity index (χ0n) is 29.3. The van der Waals surface area contributed by atoms with E-state index in [4.69, 9.17) is 0 Å². The number of hydrogen-bond acceptors (Lipinski definition) is 0. The molecule has 0 radical (unpaired) electrons. The van der Waals surface area contributed by atoms with Gasteiger partial charge in [-0.1, -0.05) is 55.1 Å². The molecule has 0 bridgehead atoms. The summed E-state index contributed by atoms with van der Waals surface area (Å²) in [6.45, 7) is 4.25. The molecular weight excluding hydrogens is 901 g/mol. The highest BCUT2D eigenvalue weighted by molar-refractivity contribution is 7.20. The topological polar surface area (TPSA) is 27.6 Å². The second-order valence-corrected chi connectivity index (χ2v) is 12.8. The third-order valence-electron chi connectivity index (χ3n) is 8.64. The molecule has 1 nitrogen and oxygen atoms in total. The molecule has 0 heterocycles. The molecule has 0 aliphatic carbocycles. The van der Waals surface area contributed by atoms with Crippen molar-refractivity contribution >= 4 is 28.0 Å². The van der Waals surface area contributed by atoms with E-state index in [1.54, 1.807) is 6.08 Å². The summed E-state index contributed by atoms with van der Waals surface area (Å²) in [4.78, 5) is 0. The largest absolute Gasteiger partial charge is 0.416 e. The number of rotatable bonds is 5. The second kappa shape index (κ2) is 16.3. The van der Waals surface area contributed by atoms with E-state index in [0.717, 1.165) is 6.54 Å². The quantitative estimate of drug-likeness (QED) is 0.117. The molecule has 4 rings (SSSR count). The molecular formula is C35H20BF24N. The van der Waals surface area contributed by atoms with Crippen molar-refractivity contribution in [1.82, 2.24) is 0 Å². The Balaban J connectivity index is 0.00000237. The van der Waals surface area contributed by atoms with Crippen molar-refractivity contribution < 1.29 is 111 Å². The first kappa shape index (κ1) is 50.3. The first-order valence-electron chi connectivity index (χ1n) is 15.9. The van der Waals surface area contributed by atoms with Gasteiger partial charge in [-0.05, 0) is 30.3 Å². The molecule has 26 heteroatoms. The van der Waals surface area contributed by atoms with Crippen molar-refractivity contribution in [2.45, 2.75) is 49.4 Å². The van der Waals surface area contributed by atoms with Crippen LogP contribution in [0.2, 0.25) is 0 Å². The van der Waals surface area contributed by atoms with Crippen molar-refractivity contribution in [3.63, 3.8) is 0 Å². The Bertz CT molecular complexity index is 1770. The molecule has 0 atom stereocenters. The highest BCUT2D eigenvalue weighted by Crippen LogP contribution is 2.41. The number of quaternary nitrogens is 1. The first-order valence-corrected chi connectivity index (χ1v) is 15.9. The highest BCUT2D eigenvalue weighted by Gasteiger charge is 2.47. The molecule has 336 valence electrons. The lowest BCUT2D eigenvalue weighted by Crippen LogP contribution is -2.75. The lowest BCUT2D eigenvalue weighted by molar-refractivity contribution is -0.352. The predicted octanol–water partition coefficient (Wildman–Crippen LogP) is 10.6. The zero-order valence-corrected chi connectivity index (χ0v) is 29.3. The van der Waals surface area contributed by atoms with Gasteiger partial charge in [-0.3, -0.25) is 0 Å². The van der Waals surface area contributed by atoms with Crippen LogP contribution in [0, 0.1) is 0 Å². The van der Waals surface area contributed by atoms with E-state index in [-0.39, 0.29) is 0 Å². The fourth-order valence-electron chi connectivity index (χ4n) is 6.07. The lowest BCUT2D eigenvalue weighted by Gasteiger charge is -2.46. The molecule has 3 N–H and O–H groups in total. The third kappa shape index (κ3) is 11.5. The normalized spacial score (nSPS) is 13.8. The van der Waals surface area contributed by atoms with Crippen LogP contribution in [-0.4, -0.2) is 12.7 Å².